The third kappa shape index (κ3) is 6.50. The highest BCUT2D eigenvalue weighted by atomic mass is 127. The summed E-state index contributed by atoms with van der Waals surface area (Å²) in [5.41, 5.74) is 1.84. The lowest BCUT2D eigenvalue weighted by Crippen LogP contribution is -2.55. The molecule has 0 saturated carbocycles. The number of halogens is 1. The van der Waals surface area contributed by atoms with Gasteiger partial charge in [-0.05, 0) is 31.0 Å². The molecule has 0 unspecified atom stereocenters. The molecule has 176 valence electrons. The number of anilines is 1. The molecule has 0 atom stereocenters. The first-order chi connectivity index (χ1) is 15.0. The zero-order chi connectivity index (χ0) is 22.2. The molecule has 10 heteroatoms. The molecule has 3 rings (SSSR count). The monoisotopic (exact) mass is 556 g/mol. The number of aryl methyl sites for hydroxylation is 1. The Morgan fingerprint density at radius 1 is 1.25 bits per heavy atom. The fraction of sp³-hybridized carbons (Fsp3) is 0.500. The average molecular weight is 556 g/mol. The lowest BCUT2D eigenvalue weighted by atomic mass is 10.2. The zero-order valence-electron chi connectivity index (χ0n) is 19.2. The number of nitrogens with one attached hydrogen (secondary N) is 1. The number of benzene rings is 1. The maximum Gasteiger partial charge on any atom is 0.246 e. The molecule has 1 aromatic heterocycles. The van der Waals surface area contributed by atoms with E-state index in [1.807, 2.05) is 43.3 Å². The smallest absolute Gasteiger partial charge is 0.246 e. The molecule has 1 fully saturated rings. The van der Waals surface area contributed by atoms with Crippen LogP contribution in [0.4, 0.5) is 5.69 Å². The number of rotatable bonds is 8. The first-order valence-corrected chi connectivity index (χ1v) is 10.7. The van der Waals surface area contributed by atoms with Crippen molar-refractivity contribution in [2.24, 2.45) is 12.0 Å². The molecule has 9 nitrogen and oxygen atoms in total. The predicted octanol–water partition coefficient (Wildman–Crippen LogP) is 2.65. The van der Waals surface area contributed by atoms with Gasteiger partial charge in [-0.25, -0.2) is 4.99 Å². The molecule has 1 amide bonds. The van der Waals surface area contributed by atoms with E-state index in [2.05, 4.69) is 17.3 Å². The van der Waals surface area contributed by atoms with Crippen LogP contribution in [0.25, 0.3) is 0 Å². The second kappa shape index (κ2) is 12.5. The number of nitrogens with zero attached hydrogens (tertiary/aromatic N) is 5. The van der Waals surface area contributed by atoms with Crippen molar-refractivity contribution in [3.05, 3.63) is 36.2 Å². The molecule has 1 aliphatic rings. The molecule has 0 spiro atoms. The van der Waals surface area contributed by atoms with Crippen molar-refractivity contribution in [3.8, 4) is 11.5 Å². The maximum absolute atomic E-state index is 12.7. The second-order valence-corrected chi connectivity index (χ2v) is 7.34. The van der Waals surface area contributed by atoms with Crippen molar-refractivity contribution in [1.82, 2.24) is 20.0 Å². The van der Waals surface area contributed by atoms with Crippen molar-refractivity contribution < 1.29 is 14.3 Å². The lowest BCUT2D eigenvalue weighted by molar-refractivity contribution is -0.120. The van der Waals surface area contributed by atoms with Crippen molar-refractivity contribution >= 4 is 41.5 Å². The predicted molar refractivity (Wildman–Crippen MR) is 136 cm³/mol. The van der Waals surface area contributed by atoms with Crippen molar-refractivity contribution in [2.75, 3.05) is 44.8 Å². The Kier molecular flexibility index (Phi) is 10.1. The van der Waals surface area contributed by atoms with E-state index in [-0.39, 0.29) is 36.4 Å². The maximum atomic E-state index is 12.7. The van der Waals surface area contributed by atoms with E-state index in [0.29, 0.717) is 32.0 Å². The third-order valence-electron chi connectivity index (χ3n) is 4.96. The summed E-state index contributed by atoms with van der Waals surface area (Å²) in [6.45, 7) is 7.50. The minimum Gasteiger partial charge on any atom is -0.493 e. The van der Waals surface area contributed by atoms with Crippen LogP contribution >= 0.6 is 24.0 Å². The van der Waals surface area contributed by atoms with E-state index in [0.717, 1.165) is 35.9 Å². The SMILES string of the molecule is CCCOc1ccc(CN=C(NCC)N2CCN(c3cnn(C)c3)C(=O)C2)cc1OC.I. The quantitative estimate of drug-likeness (QED) is 0.306. The zero-order valence-corrected chi connectivity index (χ0v) is 21.5. The number of methoxy groups -OCH3 is 1. The Morgan fingerprint density at radius 3 is 2.69 bits per heavy atom. The van der Waals surface area contributed by atoms with Gasteiger partial charge >= 0.3 is 0 Å². The summed E-state index contributed by atoms with van der Waals surface area (Å²) in [4.78, 5) is 21.3. The van der Waals surface area contributed by atoms with Crippen molar-refractivity contribution in [1.29, 1.82) is 0 Å². The number of ether oxygens (including phenoxy) is 2. The largest absolute Gasteiger partial charge is 0.493 e. The number of aliphatic imine (C=N–C) groups is 1. The van der Waals surface area contributed by atoms with Gasteiger partial charge in [-0.2, -0.15) is 5.10 Å². The van der Waals surface area contributed by atoms with Crippen LogP contribution in [0.2, 0.25) is 0 Å². The van der Waals surface area contributed by atoms with Gasteiger partial charge in [0.05, 0.1) is 32.1 Å². The molecule has 32 heavy (non-hydrogen) atoms. The van der Waals surface area contributed by atoms with Gasteiger partial charge in [-0.1, -0.05) is 13.0 Å². The number of carbonyl (C=O) groups is 1. The van der Waals surface area contributed by atoms with Gasteiger partial charge in [0, 0.05) is 32.9 Å². The Bertz CT molecular complexity index is 917. The number of carbonyl (C=O) groups excluding carboxylic acids is 1. The second-order valence-electron chi connectivity index (χ2n) is 7.34. The highest BCUT2D eigenvalue weighted by Crippen LogP contribution is 2.28. The standard InChI is InChI=1S/C22H32N6O3.HI/c1-5-11-31-19-8-7-17(12-20(19)30-4)13-24-22(23-6-2)27-9-10-28(21(29)16-27)18-14-25-26(3)15-18;/h7-8,12,14-15H,5-6,9-11,13,16H2,1-4H3,(H,23,24);1H. The molecule has 2 heterocycles. The summed E-state index contributed by atoms with van der Waals surface area (Å²) < 4.78 is 12.9. The van der Waals surface area contributed by atoms with Crippen LogP contribution in [0.3, 0.4) is 0 Å². The summed E-state index contributed by atoms with van der Waals surface area (Å²) in [7, 11) is 3.48. The lowest BCUT2D eigenvalue weighted by Gasteiger charge is -2.35. The van der Waals surface area contributed by atoms with Crippen molar-refractivity contribution in [3.63, 3.8) is 0 Å². The molecular formula is C22H33IN6O3. The first kappa shape index (κ1) is 25.8. The van der Waals surface area contributed by atoms with E-state index >= 15 is 0 Å². The first-order valence-electron chi connectivity index (χ1n) is 10.7. The van der Waals surface area contributed by atoms with Gasteiger partial charge in [0.15, 0.2) is 17.5 Å². The summed E-state index contributed by atoms with van der Waals surface area (Å²) in [6, 6.07) is 5.86. The van der Waals surface area contributed by atoms with Gasteiger partial charge in [-0.15, -0.1) is 24.0 Å². The number of hydrogen-bond donors (Lipinski definition) is 1. The van der Waals surface area contributed by atoms with Gasteiger partial charge in [0.25, 0.3) is 0 Å². The fourth-order valence-electron chi connectivity index (χ4n) is 3.41. The molecule has 1 aromatic carbocycles. The molecular weight excluding hydrogens is 523 g/mol. The van der Waals surface area contributed by atoms with Gasteiger partial charge in [0.2, 0.25) is 5.91 Å². The number of guanidine groups is 1. The summed E-state index contributed by atoms with van der Waals surface area (Å²) >= 11 is 0. The number of amides is 1. The summed E-state index contributed by atoms with van der Waals surface area (Å²) in [5, 5.41) is 7.47. The molecule has 1 saturated heterocycles. The van der Waals surface area contributed by atoms with Crippen LogP contribution in [0.1, 0.15) is 25.8 Å². The Labute approximate surface area is 206 Å². The fourth-order valence-corrected chi connectivity index (χ4v) is 3.41. The molecule has 1 aliphatic heterocycles. The van der Waals surface area contributed by atoms with Crippen LogP contribution < -0.4 is 19.7 Å². The van der Waals surface area contributed by atoms with Crippen molar-refractivity contribution in [2.45, 2.75) is 26.8 Å². The Morgan fingerprint density at radius 2 is 2.06 bits per heavy atom. The van der Waals surface area contributed by atoms with Gasteiger partial charge in [0.1, 0.15) is 6.54 Å². The number of aromatic nitrogens is 2. The number of hydrogen-bond acceptors (Lipinski definition) is 5. The van der Waals surface area contributed by atoms with E-state index < -0.39 is 0 Å². The minimum atomic E-state index is 0. The number of piperazine rings is 1. The van der Waals surface area contributed by atoms with Crippen LogP contribution in [0.5, 0.6) is 11.5 Å². The average Bonchev–Trinajstić information content (AvgIpc) is 3.21. The summed E-state index contributed by atoms with van der Waals surface area (Å²) in [6.07, 6.45) is 4.51. The molecule has 2 aromatic rings. The third-order valence-corrected chi connectivity index (χ3v) is 4.96. The molecule has 0 radical (unpaired) electrons. The highest BCUT2D eigenvalue weighted by molar-refractivity contribution is 14.0. The summed E-state index contributed by atoms with van der Waals surface area (Å²) in [5.74, 6) is 2.20. The van der Waals surface area contributed by atoms with E-state index in [9.17, 15) is 4.79 Å². The van der Waals surface area contributed by atoms with Gasteiger partial charge < -0.3 is 24.6 Å². The Hall–Kier alpha value is -2.50. The van der Waals surface area contributed by atoms with E-state index in [1.54, 1.807) is 22.9 Å². The van der Waals surface area contributed by atoms with E-state index in [1.165, 1.54) is 0 Å². The van der Waals surface area contributed by atoms with E-state index in [4.69, 9.17) is 14.5 Å². The highest BCUT2D eigenvalue weighted by Gasteiger charge is 2.27. The topological polar surface area (TPSA) is 84.2 Å². The Balaban J connectivity index is 0.00000363. The van der Waals surface area contributed by atoms with Gasteiger partial charge in [-0.3, -0.25) is 9.48 Å². The van der Waals surface area contributed by atoms with Crippen LogP contribution in [-0.4, -0.2) is 66.4 Å². The molecule has 0 aliphatic carbocycles. The van der Waals surface area contributed by atoms with Crippen LogP contribution in [0.15, 0.2) is 35.6 Å². The van der Waals surface area contributed by atoms with Crippen LogP contribution in [-0.2, 0) is 18.4 Å². The van der Waals surface area contributed by atoms with Crippen LogP contribution in [0, 0.1) is 0 Å². The molecule has 1 N–H and O–H groups in total. The normalized spacial score (nSPS) is 14.2. The minimum absolute atomic E-state index is 0. The molecule has 0 bridgehead atoms.